The zero-order valence-electron chi connectivity index (χ0n) is 10.3. The summed E-state index contributed by atoms with van der Waals surface area (Å²) in [6, 6.07) is 12.4. The highest BCUT2D eigenvalue weighted by Gasteiger charge is 2.00. The minimum atomic E-state index is -0.327. The van der Waals surface area contributed by atoms with E-state index in [2.05, 4.69) is 37.3 Å². The Morgan fingerprint density at radius 2 is 1.94 bits per heavy atom. The van der Waals surface area contributed by atoms with Gasteiger partial charge in [-0.25, -0.2) is 5.84 Å². The number of carbonyl (C=O) groups is 1. The normalized spacial score (nSPS) is 10.6. The molecule has 0 aliphatic carbocycles. The van der Waals surface area contributed by atoms with E-state index in [1.54, 1.807) is 0 Å². The van der Waals surface area contributed by atoms with E-state index in [0.717, 1.165) is 5.56 Å². The topological polar surface area (TPSA) is 64.3 Å². The Morgan fingerprint density at radius 3 is 2.72 bits per heavy atom. The number of nitrogens with two attached hydrogens (primary N) is 1. The third kappa shape index (κ3) is 3.06. The highest BCUT2D eigenvalue weighted by molar-refractivity contribution is 5.83. The van der Waals surface area contributed by atoms with Gasteiger partial charge in [0.1, 0.15) is 6.61 Å². The molecule has 2 aromatic carbocycles. The van der Waals surface area contributed by atoms with E-state index in [9.17, 15) is 4.79 Å². The Morgan fingerprint density at radius 1 is 1.22 bits per heavy atom. The first-order valence-corrected chi connectivity index (χ1v) is 5.75. The maximum Gasteiger partial charge on any atom is 0.259 e. The number of aryl methyl sites for hydroxylation is 1. The summed E-state index contributed by atoms with van der Waals surface area (Å²) < 4.78 is 5.25. The van der Waals surface area contributed by atoms with Crippen LogP contribution in [-0.2, 0) is 16.1 Å². The van der Waals surface area contributed by atoms with Crippen molar-refractivity contribution in [3.8, 4) is 0 Å². The van der Waals surface area contributed by atoms with Crippen LogP contribution >= 0.6 is 0 Å². The minimum absolute atomic E-state index is 0.0254. The molecular formula is C14H16N2O2. The van der Waals surface area contributed by atoms with Crippen molar-refractivity contribution in [2.45, 2.75) is 13.5 Å². The molecule has 0 fully saturated rings. The smallest absolute Gasteiger partial charge is 0.259 e. The number of nitrogens with one attached hydrogen (secondary N) is 1. The number of hydrogen-bond donors (Lipinski definition) is 2. The van der Waals surface area contributed by atoms with E-state index >= 15 is 0 Å². The Bertz CT molecular complexity index is 567. The average molecular weight is 244 g/mol. The minimum Gasteiger partial charge on any atom is -0.367 e. The molecule has 0 saturated carbocycles. The van der Waals surface area contributed by atoms with Gasteiger partial charge in [0.25, 0.3) is 5.91 Å². The lowest BCUT2D eigenvalue weighted by molar-refractivity contribution is -0.126. The monoisotopic (exact) mass is 244 g/mol. The second-order valence-corrected chi connectivity index (χ2v) is 4.25. The van der Waals surface area contributed by atoms with Crippen molar-refractivity contribution in [1.29, 1.82) is 0 Å². The van der Waals surface area contributed by atoms with Gasteiger partial charge in [0.05, 0.1) is 6.61 Å². The molecule has 0 bridgehead atoms. The van der Waals surface area contributed by atoms with Crippen molar-refractivity contribution in [3.05, 3.63) is 47.5 Å². The molecule has 0 radical (unpaired) electrons. The maximum absolute atomic E-state index is 10.9. The first kappa shape index (κ1) is 12.5. The van der Waals surface area contributed by atoms with E-state index in [-0.39, 0.29) is 12.5 Å². The second kappa shape index (κ2) is 5.62. The third-order valence-electron chi connectivity index (χ3n) is 2.72. The molecule has 4 heteroatoms. The number of hydrogen-bond acceptors (Lipinski definition) is 3. The van der Waals surface area contributed by atoms with Gasteiger partial charge in [0.2, 0.25) is 0 Å². The Hall–Kier alpha value is -1.91. The van der Waals surface area contributed by atoms with Crippen LogP contribution in [-0.4, -0.2) is 12.5 Å². The number of fused-ring (bicyclic) bond motifs is 1. The lowest BCUT2D eigenvalue weighted by Crippen LogP contribution is -2.33. The fourth-order valence-electron chi connectivity index (χ4n) is 1.81. The summed E-state index contributed by atoms with van der Waals surface area (Å²) in [5, 5.41) is 2.38. The van der Waals surface area contributed by atoms with Crippen LogP contribution in [0.5, 0.6) is 0 Å². The third-order valence-corrected chi connectivity index (χ3v) is 2.72. The zero-order valence-corrected chi connectivity index (χ0v) is 10.3. The molecule has 0 spiro atoms. The molecule has 18 heavy (non-hydrogen) atoms. The fourth-order valence-corrected chi connectivity index (χ4v) is 1.81. The number of benzene rings is 2. The van der Waals surface area contributed by atoms with Crippen LogP contribution in [0.25, 0.3) is 10.8 Å². The molecule has 4 nitrogen and oxygen atoms in total. The van der Waals surface area contributed by atoms with Gasteiger partial charge >= 0.3 is 0 Å². The molecule has 0 saturated heterocycles. The summed E-state index contributed by atoms with van der Waals surface area (Å²) in [5.74, 6) is 4.63. The quantitative estimate of drug-likeness (QED) is 0.488. The Balaban J connectivity index is 2.06. The summed E-state index contributed by atoms with van der Waals surface area (Å²) in [7, 11) is 0. The van der Waals surface area contributed by atoms with Crippen molar-refractivity contribution in [3.63, 3.8) is 0 Å². The number of ether oxygens (including phenoxy) is 1. The highest BCUT2D eigenvalue weighted by Crippen LogP contribution is 2.18. The molecule has 2 rings (SSSR count). The summed E-state index contributed by atoms with van der Waals surface area (Å²) in [6.07, 6.45) is 0. The van der Waals surface area contributed by atoms with Crippen LogP contribution in [0.3, 0.4) is 0 Å². The second-order valence-electron chi connectivity index (χ2n) is 4.25. The van der Waals surface area contributed by atoms with Gasteiger partial charge in [-0.15, -0.1) is 0 Å². The summed E-state index contributed by atoms with van der Waals surface area (Å²) in [5.41, 5.74) is 4.30. The average Bonchev–Trinajstić information content (AvgIpc) is 2.38. The standard InChI is InChI=1S/C14H16N2O2/c1-10-2-4-13-7-11(3-5-12(13)6-10)8-18-9-14(17)16-15/h2-7H,8-9,15H2,1H3,(H,16,17). The molecule has 0 aliphatic rings. The van der Waals surface area contributed by atoms with Gasteiger partial charge in [-0.05, 0) is 29.3 Å². The van der Waals surface area contributed by atoms with E-state index in [4.69, 9.17) is 10.6 Å². The van der Waals surface area contributed by atoms with E-state index in [1.807, 2.05) is 11.5 Å². The van der Waals surface area contributed by atoms with E-state index < -0.39 is 0 Å². The van der Waals surface area contributed by atoms with Gasteiger partial charge in [-0.1, -0.05) is 35.9 Å². The van der Waals surface area contributed by atoms with Crippen molar-refractivity contribution in [2.75, 3.05) is 6.61 Å². The largest absolute Gasteiger partial charge is 0.367 e. The summed E-state index contributed by atoms with van der Waals surface area (Å²) in [4.78, 5) is 10.9. The Kier molecular flexibility index (Phi) is 3.92. The van der Waals surface area contributed by atoms with Crippen LogP contribution in [0.15, 0.2) is 36.4 Å². The van der Waals surface area contributed by atoms with Gasteiger partial charge < -0.3 is 4.74 Å². The summed E-state index contributed by atoms with van der Waals surface area (Å²) in [6.45, 7) is 2.45. The van der Waals surface area contributed by atoms with Crippen molar-refractivity contribution >= 4 is 16.7 Å². The van der Waals surface area contributed by atoms with Crippen molar-refractivity contribution in [1.82, 2.24) is 5.43 Å². The van der Waals surface area contributed by atoms with Crippen molar-refractivity contribution < 1.29 is 9.53 Å². The van der Waals surface area contributed by atoms with E-state index in [1.165, 1.54) is 16.3 Å². The molecule has 0 aliphatic heterocycles. The molecule has 0 heterocycles. The molecule has 0 aromatic heterocycles. The van der Waals surface area contributed by atoms with Crippen LogP contribution in [0.4, 0.5) is 0 Å². The van der Waals surface area contributed by atoms with Crippen molar-refractivity contribution in [2.24, 2.45) is 5.84 Å². The lowest BCUT2D eigenvalue weighted by Gasteiger charge is -2.05. The van der Waals surface area contributed by atoms with E-state index in [0.29, 0.717) is 6.61 Å². The first-order chi connectivity index (χ1) is 8.69. The first-order valence-electron chi connectivity index (χ1n) is 5.75. The predicted octanol–water partition coefficient (Wildman–Crippen LogP) is 1.65. The molecule has 1 amide bonds. The van der Waals surface area contributed by atoms with Crippen LogP contribution < -0.4 is 11.3 Å². The zero-order chi connectivity index (χ0) is 13.0. The SMILES string of the molecule is Cc1ccc2cc(COCC(=O)NN)ccc2c1. The number of hydrazine groups is 1. The Labute approximate surface area is 106 Å². The molecule has 94 valence electrons. The lowest BCUT2D eigenvalue weighted by atomic mass is 10.1. The predicted molar refractivity (Wildman–Crippen MR) is 70.7 cm³/mol. The molecule has 2 aromatic rings. The molecule has 0 unspecified atom stereocenters. The molecule has 0 atom stereocenters. The van der Waals surface area contributed by atoms with Gasteiger partial charge in [0.15, 0.2) is 0 Å². The molecule has 3 N–H and O–H groups in total. The fraction of sp³-hybridized carbons (Fsp3) is 0.214. The molecular weight excluding hydrogens is 228 g/mol. The number of carbonyl (C=O) groups excluding carboxylic acids is 1. The number of amides is 1. The van der Waals surface area contributed by atoms with Crippen LogP contribution in [0.1, 0.15) is 11.1 Å². The maximum atomic E-state index is 10.9. The summed E-state index contributed by atoms with van der Waals surface area (Å²) >= 11 is 0. The highest BCUT2D eigenvalue weighted by atomic mass is 16.5. The van der Waals surface area contributed by atoms with Gasteiger partial charge in [0, 0.05) is 0 Å². The van der Waals surface area contributed by atoms with Crippen LogP contribution in [0, 0.1) is 6.92 Å². The van der Waals surface area contributed by atoms with Gasteiger partial charge in [-0.2, -0.15) is 0 Å². The van der Waals surface area contributed by atoms with Gasteiger partial charge in [-0.3, -0.25) is 10.2 Å². The number of rotatable bonds is 4. The van der Waals surface area contributed by atoms with Crippen LogP contribution in [0.2, 0.25) is 0 Å².